The van der Waals surface area contributed by atoms with Gasteiger partial charge in [-0.05, 0) is 18.6 Å². The summed E-state index contributed by atoms with van der Waals surface area (Å²) in [7, 11) is -3.08. The summed E-state index contributed by atoms with van der Waals surface area (Å²) in [4.78, 5) is 6.97. The third-order valence-corrected chi connectivity index (χ3v) is 7.40. The molecule has 8 heteroatoms. The summed E-state index contributed by atoms with van der Waals surface area (Å²) in [6.45, 7) is 5.29. The van der Waals surface area contributed by atoms with Gasteiger partial charge in [-0.3, -0.25) is 4.90 Å². The molecule has 1 aromatic carbocycles. The highest BCUT2D eigenvalue weighted by Crippen LogP contribution is 2.24. The lowest BCUT2D eigenvalue weighted by Crippen LogP contribution is -2.48. The van der Waals surface area contributed by atoms with Crippen LogP contribution < -0.4 is 0 Å². The Morgan fingerprint density at radius 1 is 1.16 bits per heavy atom. The molecule has 2 aromatic rings. The maximum atomic E-state index is 12.1. The minimum Gasteiger partial charge on any atom is -0.294 e. The van der Waals surface area contributed by atoms with Crippen LogP contribution in [-0.4, -0.2) is 54.5 Å². The van der Waals surface area contributed by atoms with Crippen molar-refractivity contribution < 1.29 is 8.42 Å². The van der Waals surface area contributed by atoms with Crippen molar-refractivity contribution >= 4 is 33.0 Å². The molecule has 0 unspecified atom stereocenters. The Labute approximate surface area is 158 Å². The lowest BCUT2D eigenvalue weighted by molar-refractivity contribution is 0.181. The first-order chi connectivity index (χ1) is 12.0. The van der Waals surface area contributed by atoms with Crippen LogP contribution in [0, 0.1) is 0 Å². The van der Waals surface area contributed by atoms with E-state index in [9.17, 15) is 8.42 Å². The Morgan fingerprint density at radius 3 is 2.48 bits per heavy atom. The minimum absolute atomic E-state index is 0.240. The zero-order chi connectivity index (χ0) is 17.9. The molecule has 25 heavy (non-hydrogen) atoms. The molecule has 1 saturated heterocycles. The lowest BCUT2D eigenvalue weighted by atomic mass is 10.2. The number of nitrogens with zero attached hydrogens (tertiary/aromatic N) is 3. The summed E-state index contributed by atoms with van der Waals surface area (Å²) in [6.07, 6.45) is 0.662. The van der Waals surface area contributed by atoms with Gasteiger partial charge >= 0.3 is 0 Å². The van der Waals surface area contributed by atoms with E-state index < -0.39 is 10.0 Å². The Bertz CT molecular complexity index is 798. The van der Waals surface area contributed by atoms with Crippen molar-refractivity contribution in [3.8, 4) is 11.3 Å². The molecule has 0 radical (unpaired) electrons. The van der Waals surface area contributed by atoms with Crippen LogP contribution in [-0.2, 0) is 16.6 Å². The molecule has 1 aliphatic heterocycles. The maximum Gasteiger partial charge on any atom is 0.214 e. The first kappa shape index (κ1) is 18.8. The van der Waals surface area contributed by atoms with Gasteiger partial charge in [-0.15, -0.1) is 11.3 Å². The summed E-state index contributed by atoms with van der Waals surface area (Å²) < 4.78 is 25.9. The summed E-state index contributed by atoms with van der Waals surface area (Å²) in [5.41, 5.74) is 2.02. The number of thiazole rings is 1. The summed E-state index contributed by atoms with van der Waals surface area (Å²) in [5.74, 6) is 0.240. The second-order valence-electron chi connectivity index (χ2n) is 6.12. The van der Waals surface area contributed by atoms with Crippen LogP contribution in [0.3, 0.4) is 0 Å². The van der Waals surface area contributed by atoms with E-state index >= 15 is 0 Å². The van der Waals surface area contributed by atoms with E-state index in [1.54, 1.807) is 15.6 Å². The van der Waals surface area contributed by atoms with Crippen LogP contribution in [0.15, 0.2) is 29.6 Å². The fraction of sp³-hybridized carbons (Fsp3) is 0.471. The van der Waals surface area contributed by atoms with Gasteiger partial charge in [0.05, 0.1) is 18.0 Å². The SMILES string of the molecule is CCCS(=O)(=O)N1CCN(Cc2nc(-c3ccc(Cl)cc3)cs2)CC1. The van der Waals surface area contributed by atoms with Crippen molar-refractivity contribution in [1.82, 2.24) is 14.2 Å². The summed E-state index contributed by atoms with van der Waals surface area (Å²) in [5, 5.41) is 3.82. The fourth-order valence-electron chi connectivity index (χ4n) is 2.88. The molecule has 1 aromatic heterocycles. The zero-order valence-electron chi connectivity index (χ0n) is 14.2. The fourth-order valence-corrected chi connectivity index (χ4v) is 5.35. The third kappa shape index (κ3) is 4.80. The average molecular weight is 400 g/mol. The number of rotatable bonds is 6. The van der Waals surface area contributed by atoms with Gasteiger partial charge in [-0.1, -0.05) is 30.7 Å². The van der Waals surface area contributed by atoms with Gasteiger partial charge in [0.25, 0.3) is 0 Å². The predicted molar refractivity (Wildman–Crippen MR) is 103 cm³/mol. The quantitative estimate of drug-likeness (QED) is 0.747. The third-order valence-electron chi connectivity index (χ3n) is 4.24. The van der Waals surface area contributed by atoms with Gasteiger partial charge in [0.1, 0.15) is 5.01 Å². The van der Waals surface area contributed by atoms with E-state index in [1.165, 1.54) is 0 Å². The van der Waals surface area contributed by atoms with E-state index in [2.05, 4.69) is 10.3 Å². The Morgan fingerprint density at radius 2 is 1.84 bits per heavy atom. The first-order valence-electron chi connectivity index (χ1n) is 8.38. The second kappa shape index (κ2) is 8.14. The van der Waals surface area contributed by atoms with Crippen molar-refractivity contribution in [2.75, 3.05) is 31.9 Å². The zero-order valence-corrected chi connectivity index (χ0v) is 16.6. The highest BCUT2D eigenvalue weighted by Gasteiger charge is 2.26. The molecule has 0 spiro atoms. The predicted octanol–water partition coefficient (Wildman–Crippen LogP) is 3.32. The van der Waals surface area contributed by atoms with Gasteiger partial charge in [-0.2, -0.15) is 4.31 Å². The maximum absolute atomic E-state index is 12.1. The molecule has 1 fully saturated rings. The molecule has 0 aliphatic carbocycles. The molecule has 1 aliphatic rings. The smallest absolute Gasteiger partial charge is 0.214 e. The van der Waals surface area contributed by atoms with Crippen molar-refractivity contribution in [2.45, 2.75) is 19.9 Å². The number of hydrogen-bond acceptors (Lipinski definition) is 5. The van der Waals surface area contributed by atoms with Crippen LogP contribution in [0.25, 0.3) is 11.3 Å². The molecular formula is C17H22ClN3O2S2. The van der Waals surface area contributed by atoms with Crippen molar-refractivity contribution in [3.63, 3.8) is 0 Å². The van der Waals surface area contributed by atoms with Gasteiger partial charge in [-0.25, -0.2) is 13.4 Å². The molecule has 136 valence electrons. The Kier molecular flexibility index (Phi) is 6.12. The highest BCUT2D eigenvalue weighted by atomic mass is 35.5. The van der Waals surface area contributed by atoms with Crippen molar-refractivity contribution in [3.05, 3.63) is 39.7 Å². The molecule has 2 heterocycles. The van der Waals surface area contributed by atoms with E-state index in [-0.39, 0.29) is 5.75 Å². The molecule has 0 saturated carbocycles. The number of benzene rings is 1. The van der Waals surface area contributed by atoms with E-state index in [0.29, 0.717) is 19.5 Å². The normalized spacial score (nSPS) is 17.0. The van der Waals surface area contributed by atoms with E-state index in [0.717, 1.165) is 40.9 Å². The van der Waals surface area contributed by atoms with E-state index in [4.69, 9.17) is 16.6 Å². The summed E-state index contributed by atoms with van der Waals surface area (Å²) >= 11 is 7.56. The number of halogens is 1. The molecule has 0 atom stereocenters. The lowest BCUT2D eigenvalue weighted by Gasteiger charge is -2.33. The molecule has 5 nitrogen and oxygen atoms in total. The summed E-state index contributed by atoms with van der Waals surface area (Å²) in [6, 6.07) is 7.68. The molecule has 3 rings (SSSR count). The molecular weight excluding hydrogens is 378 g/mol. The van der Waals surface area contributed by atoms with Crippen molar-refractivity contribution in [2.24, 2.45) is 0 Å². The van der Waals surface area contributed by atoms with Gasteiger partial charge in [0, 0.05) is 42.1 Å². The Hall–Kier alpha value is -0.990. The monoisotopic (exact) mass is 399 g/mol. The van der Waals surface area contributed by atoms with Crippen LogP contribution in [0.2, 0.25) is 5.02 Å². The van der Waals surface area contributed by atoms with Gasteiger partial charge < -0.3 is 0 Å². The molecule has 0 N–H and O–H groups in total. The average Bonchev–Trinajstić information content (AvgIpc) is 3.04. The number of hydrogen-bond donors (Lipinski definition) is 0. The number of aromatic nitrogens is 1. The minimum atomic E-state index is -3.08. The molecule has 0 amide bonds. The van der Waals surface area contributed by atoms with E-state index in [1.807, 2.05) is 31.2 Å². The van der Waals surface area contributed by atoms with Crippen LogP contribution in [0.5, 0.6) is 0 Å². The van der Waals surface area contributed by atoms with Gasteiger partial charge in [0.15, 0.2) is 0 Å². The highest BCUT2D eigenvalue weighted by molar-refractivity contribution is 7.89. The number of sulfonamides is 1. The van der Waals surface area contributed by atoms with Crippen LogP contribution >= 0.6 is 22.9 Å². The van der Waals surface area contributed by atoms with Crippen molar-refractivity contribution in [1.29, 1.82) is 0 Å². The topological polar surface area (TPSA) is 53.5 Å². The van der Waals surface area contributed by atoms with Crippen LogP contribution in [0.1, 0.15) is 18.4 Å². The standard InChI is InChI=1S/C17H22ClN3O2S2/c1-2-11-25(22,23)21-9-7-20(8-10-21)12-17-19-16(13-24-17)14-3-5-15(18)6-4-14/h3-6,13H,2,7-12H2,1H3. The second-order valence-corrected chi connectivity index (χ2v) is 9.59. The Balaban J connectivity index is 1.57. The molecule has 0 bridgehead atoms. The van der Waals surface area contributed by atoms with Crippen LogP contribution in [0.4, 0.5) is 0 Å². The van der Waals surface area contributed by atoms with Gasteiger partial charge in [0.2, 0.25) is 10.0 Å². The number of piperazine rings is 1. The first-order valence-corrected chi connectivity index (χ1v) is 11.2. The largest absolute Gasteiger partial charge is 0.294 e.